The molecule has 0 saturated carbocycles. The zero-order valence-electron chi connectivity index (χ0n) is 13.0. The minimum absolute atomic E-state index is 0.0351. The molecule has 0 N–H and O–H groups in total. The molecule has 0 atom stereocenters. The van der Waals surface area contributed by atoms with Crippen LogP contribution in [-0.4, -0.2) is 15.8 Å². The number of hydrogen-bond donors (Lipinski definition) is 0. The van der Waals surface area contributed by atoms with E-state index < -0.39 is 0 Å². The summed E-state index contributed by atoms with van der Waals surface area (Å²) < 4.78 is 5.39. The van der Waals surface area contributed by atoms with E-state index in [1.807, 2.05) is 61.5 Å². The Morgan fingerprint density at radius 2 is 1.87 bits per heavy atom. The third-order valence-electron chi connectivity index (χ3n) is 3.59. The summed E-state index contributed by atoms with van der Waals surface area (Å²) in [5.74, 6) is 0.716. The smallest absolute Gasteiger partial charge is 0.254 e. The monoisotopic (exact) mass is 306 g/mol. The summed E-state index contributed by atoms with van der Waals surface area (Å²) in [5.41, 5.74) is 2.64. The van der Waals surface area contributed by atoms with Crippen molar-refractivity contribution in [1.82, 2.24) is 9.88 Å². The van der Waals surface area contributed by atoms with Crippen molar-refractivity contribution >= 4 is 5.91 Å². The number of aromatic nitrogens is 1. The molecule has 23 heavy (non-hydrogen) atoms. The number of aryl methyl sites for hydroxylation is 1. The largest absolute Gasteiger partial charge is 0.467 e. The summed E-state index contributed by atoms with van der Waals surface area (Å²) in [6.45, 7) is 2.85. The Kier molecular flexibility index (Phi) is 4.52. The van der Waals surface area contributed by atoms with Gasteiger partial charge in [0.15, 0.2) is 0 Å². The van der Waals surface area contributed by atoms with Crippen molar-refractivity contribution in [3.05, 3.63) is 89.6 Å². The summed E-state index contributed by atoms with van der Waals surface area (Å²) >= 11 is 0. The summed E-state index contributed by atoms with van der Waals surface area (Å²) in [6, 6.07) is 17.0. The van der Waals surface area contributed by atoms with Crippen LogP contribution in [0.15, 0.2) is 71.5 Å². The maximum absolute atomic E-state index is 12.8. The van der Waals surface area contributed by atoms with E-state index in [4.69, 9.17) is 4.42 Å². The van der Waals surface area contributed by atoms with Gasteiger partial charge in [-0.15, -0.1) is 0 Å². The number of pyridine rings is 1. The van der Waals surface area contributed by atoms with Crippen LogP contribution in [0.25, 0.3) is 0 Å². The molecule has 2 aromatic heterocycles. The molecule has 0 radical (unpaired) electrons. The minimum Gasteiger partial charge on any atom is -0.467 e. The highest BCUT2D eigenvalue weighted by Gasteiger charge is 2.18. The van der Waals surface area contributed by atoms with Gasteiger partial charge in [-0.25, -0.2) is 0 Å². The van der Waals surface area contributed by atoms with Gasteiger partial charge < -0.3 is 9.32 Å². The Hall–Kier alpha value is -2.88. The van der Waals surface area contributed by atoms with Gasteiger partial charge in [0.25, 0.3) is 5.91 Å². The normalized spacial score (nSPS) is 10.5. The second kappa shape index (κ2) is 6.92. The zero-order valence-corrected chi connectivity index (χ0v) is 13.0. The molecule has 116 valence electrons. The fraction of sp³-hybridized carbons (Fsp3) is 0.158. The molecule has 0 saturated heterocycles. The highest BCUT2D eigenvalue weighted by atomic mass is 16.3. The molecule has 0 bridgehead atoms. The molecule has 1 aromatic carbocycles. The lowest BCUT2D eigenvalue weighted by Crippen LogP contribution is -2.30. The summed E-state index contributed by atoms with van der Waals surface area (Å²) in [7, 11) is 0. The number of rotatable bonds is 5. The fourth-order valence-electron chi connectivity index (χ4n) is 2.36. The van der Waals surface area contributed by atoms with Crippen LogP contribution in [0.2, 0.25) is 0 Å². The van der Waals surface area contributed by atoms with Gasteiger partial charge in [-0.1, -0.05) is 23.8 Å². The standard InChI is InChI=1S/C19H18N2O2/c1-15-7-9-16(10-8-15)19(22)21(14-18-6-4-12-23-18)13-17-5-2-3-11-20-17/h2-12H,13-14H2,1H3. The topological polar surface area (TPSA) is 46.3 Å². The van der Waals surface area contributed by atoms with Crippen LogP contribution >= 0.6 is 0 Å². The van der Waals surface area contributed by atoms with Gasteiger partial charge in [-0.2, -0.15) is 0 Å². The highest BCUT2D eigenvalue weighted by molar-refractivity contribution is 5.94. The number of amides is 1. The first-order valence-electron chi connectivity index (χ1n) is 7.50. The first kappa shape index (κ1) is 15.0. The lowest BCUT2D eigenvalue weighted by molar-refractivity contribution is 0.0715. The van der Waals surface area contributed by atoms with Crippen LogP contribution in [0.1, 0.15) is 27.4 Å². The quantitative estimate of drug-likeness (QED) is 0.720. The van der Waals surface area contributed by atoms with E-state index in [1.54, 1.807) is 17.4 Å². The van der Waals surface area contributed by atoms with Crippen LogP contribution in [0.3, 0.4) is 0 Å². The molecule has 0 fully saturated rings. The van der Waals surface area contributed by atoms with E-state index in [1.165, 1.54) is 0 Å². The summed E-state index contributed by atoms with van der Waals surface area (Å²) in [6.07, 6.45) is 3.35. The Balaban J connectivity index is 1.84. The predicted octanol–water partition coefficient (Wildman–Crippen LogP) is 3.83. The van der Waals surface area contributed by atoms with E-state index in [0.29, 0.717) is 18.7 Å². The van der Waals surface area contributed by atoms with Crippen LogP contribution < -0.4 is 0 Å². The summed E-state index contributed by atoms with van der Waals surface area (Å²) in [4.78, 5) is 18.9. The van der Waals surface area contributed by atoms with Crippen molar-refractivity contribution in [2.75, 3.05) is 0 Å². The Bertz CT molecular complexity index is 750. The Morgan fingerprint density at radius 3 is 2.52 bits per heavy atom. The molecule has 0 spiro atoms. The van der Waals surface area contributed by atoms with Crippen LogP contribution in [0, 0.1) is 6.92 Å². The first-order valence-corrected chi connectivity index (χ1v) is 7.50. The van der Waals surface area contributed by atoms with Gasteiger partial charge in [0.2, 0.25) is 0 Å². The fourth-order valence-corrected chi connectivity index (χ4v) is 2.36. The number of carbonyl (C=O) groups is 1. The van der Waals surface area contributed by atoms with E-state index >= 15 is 0 Å². The number of nitrogens with zero attached hydrogens (tertiary/aromatic N) is 2. The molecule has 0 unspecified atom stereocenters. The maximum atomic E-state index is 12.8. The van der Waals surface area contributed by atoms with Crippen molar-refractivity contribution in [3.8, 4) is 0 Å². The number of carbonyl (C=O) groups excluding carboxylic acids is 1. The molecule has 4 heteroatoms. The second-order valence-corrected chi connectivity index (χ2v) is 5.43. The molecular formula is C19H18N2O2. The lowest BCUT2D eigenvalue weighted by atomic mass is 10.1. The lowest BCUT2D eigenvalue weighted by Gasteiger charge is -2.21. The molecule has 1 amide bonds. The van der Waals surface area contributed by atoms with Crippen LogP contribution in [0.4, 0.5) is 0 Å². The number of furan rings is 1. The zero-order chi connectivity index (χ0) is 16.1. The van der Waals surface area contributed by atoms with Crippen molar-refractivity contribution in [2.45, 2.75) is 20.0 Å². The van der Waals surface area contributed by atoms with Gasteiger partial charge in [-0.3, -0.25) is 9.78 Å². The molecule has 3 aromatic rings. The molecule has 0 aliphatic rings. The maximum Gasteiger partial charge on any atom is 0.254 e. The van der Waals surface area contributed by atoms with Gasteiger partial charge in [0.05, 0.1) is 25.0 Å². The summed E-state index contributed by atoms with van der Waals surface area (Å²) in [5, 5.41) is 0. The van der Waals surface area contributed by atoms with E-state index in [9.17, 15) is 4.79 Å². The van der Waals surface area contributed by atoms with Crippen molar-refractivity contribution in [3.63, 3.8) is 0 Å². The molecular weight excluding hydrogens is 288 g/mol. The average Bonchev–Trinajstić information content (AvgIpc) is 3.08. The van der Waals surface area contributed by atoms with Crippen molar-refractivity contribution in [1.29, 1.82) is 0 Å². The third kappa shape index (κ3) is 3.86. The van der Waals surface area contributed by atoms with Gasteiger partial charge >= 0.3 is 0 Å². The van der Waals surface area contributed by atoms with Crippen molar-refractivity contribution < 1.29 is 9.21 Å². The SMILES string of the molecule is Cc1ccc(C(=O)N(Cc2ccccn2)Cc2ccco2)cc1. The molecule has 0 aliphatic heterocycles. The Labute approximate surface area is 135 Å². The highest BCUT2D eigenvalue weighted by Crippen LogP contribution is 2.14. The molecule has 3 rings (SSSR count). The predicted molar refractivity (Wildman–Crippen MR) is 87.7 cm³/mol. The van der Waals surface area contributed by atoms with E-state index in [-0.39, 0.29) is 5.91 Å². The van der Waals surface area contributed by atoms with E-state index in [2.05, 4.69) is 4.98 Å². The third-order valence-corrected chi connectivity index (χ3v) is 3.59. The second-order valence-electron chi connectivity index (χ2n) is 5.43. The molecule has 4 nitrogen and oxygen atoms in total. The Morgan fingerprint density at radius 1 is 1.04 bits per heavy atom. The van der Waals surface area contributed by atoms with Crippen LogP contribution in [-0.2, 0) is 13.1 Å². The van der Waals surface area contributed by atoms with Crippen LogP contribution in [0.5, 0.6) is 0 Å². The average molecular weight is 306 g/mol. The number of hydrogen-bond acceptors (Lipinski definition) is 3. The first-order chi connectivity index (χ1) is 11.2. The molecule has 0 aliphatic carbocycles. The minimum atomic E-state index is -0.0351. The van der Waals surface area contributed by atoms with Gasteiger partial charge in [0, 0.05) is 11.8 Å². The molecule has 2 heterocycles. The van der Waals surface area contributed by atoms with Gasteiger partial charge in [-0.05, 0) is 43.3 Å². The van der Waals surface area contributed by atoms with Crippen molar-refractivity contribution in [2.24, 2.45) is 0 Å². The van der Waals surface area contributed by atoms with Gasteiger partial charge in [0.1, 0.15) is 5.76 Å². The van der Waals surface area contributed by atoms with E-state index in [0.717, 1.165) is 17.0 Å². The number of benzene rings is 1.